The fourth-order valence-corrected chi connectivity index (χ4v) is 3.13. The van der Waals surface area contributed by atoms with Gasteiger partial charge in [0, 0.05) is 0 Å². The zero-order chi connectivity index (χ0) is 17.8. The van der Waals surface area contributed by atoms with Crippen LogP contribution in [0.15, 0.2) is 36.9 Å². The fraction of sp³-hybridized carbons (Fsp3) is 0.652. The standard InChI is InChI=1S/C23H36O2/c1-3-4-5-6-7-8-9-10-11-12-13-16-21-17-14-15-18-22(21)24-19-23(2)20-25-23/h3,14-15,17-18H,1,4-13,16,19-20H2,2H3. The normalized spacial score (nSPS) is 18.9. The third-order valence-electron chi connectivity index (χ3n) is 5.00. The van der Waals surface area contributed by atoms with Gasteiger partial charge in [-0.1, -0.05) is 69.2 Å². The molecule has 1 aromatic carbocycles. The van der Waals surface area contributed by atoms with Gasteiger partial charge < -0.3 is 9.47 Å². The first kappa shape index (κ1) is 20.0. The molecule has 1 aromatic rings. The highest BCUT2D eigenvalue weighted by molar-refractivity contribution is 5.33. The van der Waals surface area contributed by atoms with Gasteiger partial charge in [-0.15, -0.1) is 6.58 Å². The van der Waals surface area contributed by atoms with E-state index >= 15 is 0 Å². The molecule has 1 saturated heterocycles. The predicted molar refractivity (Wildman–Crippen MR) is 106 cm³/mol. The number of allylic oxidation sites excluding steroid dienone is 1. The van der Waals surface area contributed by atoms with Gasteiger partial charge in [0.1, 0.15) is 18.0 Å². The Morgan fingerprint density at radius 3 is 2.24 bits per heavy atom. The summed E-state index contributed by atoms with van der Waals surface area (Å²) in [6, 6.07) is 8.47. The number of unbranched alkanes of at least 4 members (excludes halogenated alkanes) is 9. The zero-order valence-electron chi connectivity index (χ0n) is 16.1. The van der Waals surface area contributed by atoms with Gasteiger partial charge >= 0.3 is 0 Å². The molecule has 1 aliphatic rings. The lowest BCUT2D eigenvalue weighted by atomic mass is 10.0. The van der Waals surface area contributed by atoms with Gasteiger partial charge in [0.25, 0.3) is 0 Å². The molecular weight excluding hydrogens is 308 g/mol. The Morgan fingerprint density at radius 2 is 1.60 bits per heavy atom. The molecule has 0 aromatic heterocycles. The lowest BCUT2D eigenvalue weighted by Gasteiger charge is -2.13. The maximum Gasteiger partial charge on any atom is 0.123 e. The molecule has 0 aliphatic carbocycles. The van der Waals surface area contributed by atoms with Crippen LogP contribution in [-0.4, -0.2) is 18.8 Å². The van der Waals surface area contributed by atoms with Crippen LogP contribution < -0.4 is 4.74 Å². The number of hydrogen-bond acceptors (Lipinski definition) is 2. The number of epoxide rings is 1. The summed E-state index contributed by atoms with van der Waals surface area (Å²) < 4.78 is 11.4. The molecule has 0 saturated carbocycles. The van der Waals surface area contributed by atoms with Crippen molar-refractivity contribution in [3.63, 3.8) is 0 Å². The Labute approximate surface area is 154 Å². The maximum atomic E-state index is 5.98. The summed E-state index contributed by atoms with van der Waals surface area (Å²) in [6.07, 6.45) is 16.5. The fourth-order valence-electron chi connectivity index (χ4n) is 3.13. The summed E-state index contributed by atoms with van der Waals surface area (Å²) in [5, 5.41) is 0. The van der Waals surface area contributed by atoms with E-state index in [4.69, 9.17) is 9.47 Å². The van der Waals surface area contributed by atoms with Crippen LogP contribution in [0.5, 0.6) is 5.75 Å². The van der Waals surface area contributed by atoms with Crippen molar-refractivity contribution >= 4 is 0 Å². The molecule has 140 valence electrons. The lowest BCUT2D eigenvalue weighted by Crippen LogP contribution is -2.17. The van der Waals surface area contributed by atoms with Crippen LogP contribution in [-0.2, 0) is 11.2 Å². The average molecular weight is 345 g/mol. The minimum Gasteiger partial charge on any atom is -0.490 e. The zero-order valence-corrected chi connectivity index (χ0v) is 16.1. The quantitative estimate of drug-likeness (QED) is 0.206. The number of para-hydroxylation sites is 1. The van der Waals surface area contributed by atoms with Crippen molar-refractivity contribution in [3.8, 4) is 5.75 Å². The molecular formula is C23H36O2. The highest BCUT2D eigenvalue weighted by Crippen LogP contribution is 2.28. The minimum absolute atomic E-state index is 0.0429. The first-order valence-corrected chi connectivity index (χ1v) is 10.2. The summed E-state index contributed by atoms with van der Waals surface area (Å²) in [5.41, 5.74) is 1.30. The molecule has 1 unspecified atom stereocenters. The number of rotatable bonds is 15. The van der Waals surface area contributed by atoms with Crippen LogP contribution in [0.3, 0.4) is 0 Å². The minimum atomic E-state index is -0.0429. The molecule has 25 heavy (non-hydrogen) atoms. The van der Waals surface area contributed by atoms with E-state index in [-0.39, 0.29) is 5.60 Å². The third-order valence-corrected chi connectivity index (χ3v) is 5.00. The van der Waals surface area contributed by atoms with E-state index in [1.54, 1.807) is 0 Å². The second-order valence-corrected chi connectivity index (χ2v) is 7.64. The van der Waals surface area contributed by atoms with Gasteiger partial charge in [0.15, 0.2) is 0 Å². The van der Waals surface area contributed by atoms with E-state index in [0.717, 1.165) is 18.8 Å². The average Bonchev–Trinajstić information content (AvgIpc) is 3.36. The molecule has 1 fully saturated rings. The van der Waals surface area contributed by atoms with Crippen molar-refractivity contribution in [2.24, 2.45) is 0 Å². The summed E-state index contributed by atoms with van der Waals surface area (Å²) in [7, 11) is 0. The number of hydrogen-bond donors (Lipinski definition) is 0. The van der Waals surface area contributed by atoms with E-state index in [9.17, 15) is 0 Å². The van der Waals surface area contributed by atoms with Crippen molar-refractivity contribution < 1.29 is 9.47 Å². The second kappa shape index (κ2) is 11.4. The first-order valence-electron chi connectivity index (χ1n) is 10.2. The van der Waals surface area contributed by atoms with E-state index in [2.05, 4.69) is 37.8 Å². The number of ether oxygens (including phenoxy) is 2. The smallest absolute Gasteiger partial charge is 0.123 e. The Hall–Kier alpha value is -1.28. The van der Waals surface area contributed by atoms with Crippen LogP contribution in [0.4, 0.5) is 0 Å². The van der Waals surface area contributed by atoms with Gasteiger partial charge in [-0.25, -0.2) is 0 Å². The van der Waals surface area contributed by atoms with Crippen LogP contribution >= 0.6 is 0 Å². The monoisotopic (exact) mass is 344 g/mol. The van der Waals surface area contributed by atoms with Gasteiger partial charge in [0.2, 0.25) is 0 Å². The summed E-state index contributed by atoms with van der Waals surface area (Å²) in [4.78, 5) is 0. The molecule has 2 rings (SSSR count). The second-order valence-electron chi connectivity index (χ2n) is 7.64. The molecule has 0 bridgehead atoms. The molecule has 2 heteroatoms. The SMILES string of the molecule is C=CCCCCCCCCCCCc1ccccc1OCC1(C)CO1. The predicted octanol–water partition coefficient (Wildman–Crippen LogP) is 6.48. The molecule has 2 nitrogen and oxygen atoms in total. The van der Waals surface area contributed by atoms with Gasteiger partial charge in [-0.2, -0.15) is 0 Å². The highest BCUT2D eigenvalue weighted by atomic mass is 16.6. The molecule has 1 atom stereocenters. The molecule has 1 heterocycles. The molecule has 0 N–H and O–H groups in total. The van der Waals surface area contributed by atoms with Gasteiger partial charge in [-0.3, -0.25) is 0 Å². The Balaban J connectivity index is 1.51. The van der Waals surface area contributed by atoms with E-state index < -0.39 is 0 Å². The van der Waals surface area contributed by atoms with E-state index in [1.165, 1.54) is 69.8 Å². The summed E-state index contributed by atoms with van der Waals surface area (Å²) in [5.74, 6) is 1.04. The summed E-state index contributed by atoms with van der Waals surface area (Å²) in [6.45, 7) is 7.37. The molecule has 0 spiro atoms. The van der Waals surface area contributed by atoms with E-state index in [0.29, 0.717) is 6.61 Å². The van der Waals surface area contributed by atoms with Crippen molar-refractivity contribution in [3.05, 3.63) is 42.5 Å². The van der Waals surface area contributed by atoms with Crippen molar-refractivity contribution in [2.45, 2.75) is 83.2 Å². The lowest BCUT2D eigenvalue weighted by molar-refractivity contribution is 0.201. The van der Waals surface area contributed by atoms with Crippen molar-refractivity contribution in [2.75, 3.05) is 13.2 Å². The third kappa shape index (κ3) is 8.58. The van der Waals surface area contributed by atoms with Crippen LogP contribution in [0.1, 0.15) is 76.7 Å². The Bertz CT molecular complexity index is 491. The Kier molecular flexibility index (Phi) is 9.10. The van der Waals surface area contributed by atoms with Crippen LogP contribution in [0, 0.1) is 0 Å². The molecule has 0 amide bonds. The summed E-state index contributed by atoms with van der Waals surface area (Å²) >= 11 is 0. The van der Waals surface area contributed by atoms with E-state index in [1.807, 2.05) is 6.08 Å². The highest BCUT2D eigenvalue weighted by Gasteiger charge is 2.40. The van der Waals surface area contributed by atoms with Crippen molar-refractivity contribution in [1.82, 2.24) is 0 Å². The van der Waals surface area contributed by atoms with Crippen LogP contribution in [0.2, 0.25) is 0 Å². The largest absolute Gasteiger partial charge is 0.490 e. The van der Waals surface area contributed by atoms with Gasteiger partial charge in [-0.05, 0) is 44.2 Å². The molecule has 0 radical (unpaired) electrons. The first-order chi connectivity index (χ1) is 12.2. The number of benzene rings is 1. The number of aryl methyl sites for hydroxylation is 1. The van der Waals surface area contributed by atoms with Crippen molar-refractivity contribution in [1.29, 1.82) is 0 Å². The topological polar surface area (TPSA) is 21.8 Å². The molecule has 1 aliphatic heterocycles. The van der Waals surface area contributed by atoms with Crippen LogP contribution in [0.25, 0.3) is 0 Å². The Morgan fingerprint density at radius 1 is 1.00 bits per heavy atom. The van der Waals surface area contributed by atoms with Gasteiger partial charge in [0.05, 0.1) is 6.61 Å². The maximum absolute atomic E-state index is 5.98.